The van der Waals surface area contributed by atoms with Crippen LogP contribution in [0.5, 0.6) is 5.75 Å². The van der Waals surface area contributed by atoms with E-state index in [1.165, 1.54) is 6.07 Å². The minimum absolute atomic E-state index is 0.135. The quantitative estimate of drug-likeness (QED) is 0.787. The topological polar surface area (TPSA) is 55.0 Å². The fourth-order valence-corrected chi connectivity index (χ4v) is 2.51. The van der Waals surface area contributed by atoms with E-state index in [0.717, 1.165) is 27.7 Å². The second-order valence-corrected chi connectivity index (χ2v) is 5.18. The molecule has 2 heterocycles. The number of hydrogen-bond donors (Lipinski definition) is 1. The average molecular weight is 301 g/mol. The monoisotopic (exact) mass is 300 g/mol. The molecule has 0 atom stereocenters. The number of methoxy groups -OCH3 is 1. The highest BCUT2D eigenvalue weighted by Crippen LogP contribution is 2.32. The SMILES string of the molecule is COc1cc2c(C)cc(-c3ccc(=O)[nH]c3)nc2cc1Cl. The lowest BCUT2D eigenvalue weighted by Crippen LogP contribution is -2.02. The van der Waals surface area contributed by atoms with Gasteiger partial charge >= 0.3 is 0 Å². The number of nitrogens with one attached hydrogen (secondary N) is 1. The smallest absolute Gasteiger partial charge is 0.247 e. The number of aromatic nitrogens is 2. The van der Waals surface area contributed by atoms with E-state index in [0.29, 0.717) is 10.8 Å². The van der Waals surface area contributed by atoms with Crippen LogP contribution in [0.15, 0.2) is 41.3 Å². The molecule has 0 aliphatic heterocycles. The molecule has 0 saturated heterocycles. The Morgan fingerprint density at radius 3 is 2.71 bits per heavy atom. The van der Waals surface area contributed by atoms with Crippen molar-refractivity contribution in [3.05, 3.63) is 57.5 Å². The third-order valence-electron chi connectivity index (χ3n) is 3.37. The number of pyridine rings is 2. The van der Waals surface area contributed by atoms with Gasteiger partial charge in [0.25, 0.3) is 0 Å². The summed E-state index contributed by atoms with van der Waals surface area (Å²) < 4.78 is 5.24. The maximum Gasteiger partial charge on any atom is 0.247 e. The molecular weight excluding hydrogens is 288 g/mol. The zero-order chi connectivity index (χ0) is 15.0. The number of rotatable bonds is 2. The van der Waals surface area contributed by atoms with E-state index < -0.39 is 0 Å². The van der Waals surface area contributed by atoms with Crippen LogP contribution in [-0.2, 0) is 0 Å². The number of nitrogens with zero attached hydrogens (tertiary/aromatic N) is 1. The van der Waals surface area contributed by atoms with Gasteiger partial charge in [-0.05, 0) is 36.8 Å². The van der Waals surface area contributed by atoms with Gasteiger partial charge in [-0.3, -0.25) is 4.79 Å². The van der Waals surface area contributed by atoms with E-state index in [2.05, 4.69) is 9.97 Å². The van der Waals surface area contributed by atoms with Crippen molar-refractivity contribution in [2.24, 2.45) is 0 Å². The molecule has 3 aromatic rings. The summed E-state index contributed by atoms with van der Waals surface area (Å²) in [5.74, 6) is 0.630. The van der Waals surface area contributed by atoms with Crippen LogP contribution in [-0.4, -0.2) is 17.1 Å². The van der Waals surface area contributed by atoms with E-state index in [4.69, 9.17) is 16.3 Å². The first-order chi connectivity index (χ1) is 10.1. The summed E-state index contributed by atoms with van der Waals surface area (Å²) in [4.78, 5) is 18.4. The van der Waals surface area contributed by atoms with Gasteiger partial charge in [-0.1, -0.05) is 11.6 Å². The standard InChI is InChI=1S/C16H13ClN2O2/c1-9-5-13(10-3-4-16(20)18-8-10)19-14-7-12(17)15(21-2)6-11(9)14/h3-8H,1-2H3,(H,18,20). The normalized spacial score (nSPS) is 10.8. The van der Waals surface area contributed by atoms with Crippen molar-refractivity contribution in [2.75, 3.05) is 7.11 Å². The second kappa shape index (κ2) is 5.22. The van der Waals surface area contributed by atoms with E-state index in [1.54, 1.807) is 25.4 Å². The van der Waals surface area contributed by atoms with Crippen molar-refractivity contribution in [1.82, 2.24) is 9.97 Å². The van der Waals surface area contributed by atoms with Crippen molar-refractivity contribution in [3.63, 3.8) is 0 Å². The van der Waals surface area contributed by atoms with E-state index in [9.17, 15) is 4.79 Å². The summed E-state index contributed by atoms with van der Waals surface area (Å²) in [6.07, 6.45) is 1.65. The maximum absolute atomic E-state index is 11.1. The number of hydrogen-bond acceptors (Lipinski definition) is 3. The lowest BCUT2D eigenvalue weighted by Gasteiger charge is -2.09. The first-order valence-electron chi connectivity index (χ1n) is 6.42. The van der Waals surface area contributed by atoms with Crippen LogP contribution in [0, 0.1) is 6.92 Å². The van der Waals surface area contributed by atoms with Gasteiger partial charge in [0.2, 0.25) is 5.56 Å². The molecule has 3 rings (SSSR count). The fourth-order valence-electron chi connectivity index (χ4n) is 2.27. The number of H-pyrrole nitrogens is 1. The van der Waals surface area contributed by atoms with Crippen molar-refractivity contribution in [2.45, 2.75) is 6.92 Å². The Labute approximate surface area is 126 Å². The van der Waals surface area contributed by atoms with Gasteiger partial charge in [0.05, 0.1) is 23.3 Å². The number of ether oxygens (including phenoxy) is 1. The molecule has 0 spiro atoms. The predicted molar refractivity (Wildman–Crippen MR) is 84.1 cm³/mol. The molecule has 1 aromatic carbocycles. The van der Waals surface area contributed by atoms with Gasteiger partial charge in [0.15, 0.2) is 0 Å². The van der Waals surface area contributed by atoms with Crippen molar-refractivity contribution in [3.8, 4) is 17.0 Å². The van der Waals surface area contributed by atoms with E-state index in [1.807, 2.05) is 19.1 Å². The summed E-state index contributed by atoms with van der Waals surface area (Å²) in [6.45, 7) is 2.01. The fraction of sp³-hybridized carbons (Fsp3) is 0.125. The van der Waals surface area contributed by atoms with Crippen LogP contribution in [0.25, 0.3) is 22.2 Å². The predicted octanol–water partition coefficient (Wildman–Crippen LogP) is 3.56. The summed E-state index contributed by atoms with van der Waals surface area (Å²) in [5.41, 5.74) is 3.37. The molecule has 0 amide bonds. The van der Waals surface area contributed by atoms with Crippen LogP contribution in [0.3, 0.4) is 0 Å². The Morgan fingerprint density at radius 1 is 1.24 bits per heavy atom. The molecule has 0 aliphatic rings. The third kappa shape index (κ3) is 2.50. The van der Waals surface area contributed by atoms with Crippen LogP contribution in [0.4, 0.5) is 0 Å². The van der Waals surface area contributed by atoms with Gasteiger partial charge in [0, 0.05) is 23.2 Å². The Hall–Kier alpha value is -2.33. The minimum Gasteiger partial charge on any atom is -0.495 e. The van der Waals surface area contributed by atoms with Crippen LogP contribution < -0.4 is 10.3 Å². The minimum atomic E-state index is -0.135. The molecule has 4 nitrogen and oxygen atoms in total. The first kappa shape index (κ1) is 13.6. The van der Waals surface area contributed by atoms with Gasteiger partial charge in [-0.25, -0.2) is 4.98 Å². The third-order valence-corrected chi connectivity index (χ3v) is 3.66. The Morgan fingerprint density at radius 2 is 2.05 bits per heavy atom. The lowest BCUT2D eigenvalue weighted by atomic mass is 10.1. The molecule has 0 saturated carbocycles. The average Bonchev–Trinajstić information content (AvgIpc) is 2.47. The zero-order valence-electron chi connectivity index (χ0n) is 11.6. The van der Waals surface area contributed by atoms with Crippen molar-refractivity contribution >= 4 is 22.5 Å². The van der Waals surface area contributed by atoms with Gasteiger partial charge in [-0.15, -0.1) is 0 Å². The number of benzene rings is 1. The summed E-state index contributed by atoms with van der Waals surface area (Å²) in [5, 5.41) is 1.51. The maximum atomic E-state index is 11.1. The molecule has 106 valence electrons. The Bertz CT molecular complexity index is 867. The highest BCUT2D eigenvalue weighted by atomic mass is 35.5. The zero-order valence-corrected chi connectivity index (χ0v) is 12.4. The Kier molecular flexibility index (Phi) is 3.39. The second-order valence-electron chi connectivity index (χ2n) is 4.77. The van der Waals surface area contributed by atoms with Crippen LogP contribution in [0.2, 0.25) is 5.02 Å². The molecule has 0 radical (unpaired) electrons. The molecular formula is C16H13ClN2O2. The van der Waals surface area contributed by atoms with Gasteiger partial charge < -0.3 is 9.72 Å². The molecule has 0 aliphatic carbocycles. The number of halogens is 1. The highest BCUT2D eigenvalue weighted by Gasteiger charge is 2.09. The molecule has 5 heteroatoms. The molecule has 21 heavy (non-hydrogen) atoms. The summed E-state index contributed by atoms with van der Waals surface area (Å²) in [6, 6.07) is 8.88. The summed E-state index contributed by atoms with van der Waals surface area (Å²) in [7, 11) is 1.59. The Balaban J connectivity index is 2.23. The van der Waals surface area contributed by atoms with Crippen LogP contribution >= 0.6 is 11.6 Å². The highest BCUT2D eigenvalue weighted by molar-refractivity contribution is 6.32. The molecule has 0 fully saturated rings. The molecule has 1 N–H and O–H groups in total. The molecule has 2 aromatic heterocycles. The van der Waals surface area contributed by atoms with E-state index >= 15 is 0 Å². The largest absolute Gasteiger partial charge is 0.495 e. The molecule has 0 bridgehead atoms. The lowest BCUT2D eigenvalue weighted by molar-refractivity contribution is 0.415. The van der Waals surface area contributed by atoms with Gasteiger partial charge in [-0.2, -0.15) is 0 Å². The number of aryl methyl sites for hydroxylation is 1. The molecule has 0 unspecified atom stereocenters. The first-order valence-corrected chi connectivity index (χ1v) is 6.80. The van der Waals surface area contributed by atoms with Crippen molar-refractivity contribution < 1.29 is 4.74 Å². The van der Waals surface area contributed by atoms with Crippen LogP contribution in [0.1, 0.15) is 5.56 Å². The van der Waals surface area contributed by atoms with E-state index in [-0.39, 0.29) is 5.56 Å². The number of aromatic amines is 1. The number of fused-ring (bicyclic) bond motifs is 1. The van der Waals surface area contributed by atoms with Crippen molar-refractivity contribution in [1.29, 1.82) is 0 Å². The van der Waals surface area contributed by atoms with Gasteiger partial charge in [0.1, 0.15) is 5.75 Å². The summed E-state index contributed by atoms with van der Waals surface area (Å²) >= 11 is 6.16.